The summed E-state index contributed by atoms with van der Waals surface area (Å²) in [6, 6.07) is 2.12. The third-order valence-electron chi connectivity index (χ3n) is 2.52. The molecule has 0 fully saturated rings. The van der Waals surface area contributed by atoms with Crippen LogP contribution in [0.1, 0.15) is 20.8 Å². The fraction of sp³-hybridized carbons (Fsp3) is 0.667. The van der Waals surface area contributed by atoms with E-state index in [2.05, 4.69) is 34.4 Å². The Labute approximate surface area is 103 Å². The Morgan fingerprint density at radius 3 is 2.76 bits per heavy atom. The lowest BCUT2D eigenvalue weighted by Crippen LogP contribution is -2.31. The molecule has 17 heavy (non-hydrogen) atoms. The van der Waals surface area contributed by atoms with E-state index in [1.807, 2.05) is 13.0 Å². The van der Waals surface area contributed by atoms with Gasteiger partial charge < -0.3 is 15.4 Å². The Balaban J connectivity index is 2.64. The van der Waals surface area contributed by atoms with Crippen LogP contribution in [0.4, 0.5) is 11.8 Å². The molecule has 5 nitrogen and oxygen atoms in total. The lowest BCUT2D eigenvalue weighted by molar-refractivity contribution is 0.126. The molecule has 0 aliphatic carbocycles. The molecule has 1 rings (SSSR count). The van der Waals surface area contributed by atoms with E-state index >= 15 is 0 Å². The van der Waals surface area contributed by atoms with Crippen molar-refractivity contribution >= 4 is 11.8 Å². The molecule has 0 spiro atoms. The average molecular weight is 238 g/mol. The summed E-state index contributed by atoms with van der Waals surface area (Å²) in [4.78, 5) is 8.41. The van der Waals surface area contributed by atoms with E-state index in [9.17, 15) is 0 Å². The molecule has 2 N–H and O–H groups in total. The van der Waals surface area contributed by atoms with Gasteiger partial charge in [0, 0.05) is 19.9 Å². The van der Waals surface area contributed by atoms with Crippen molar-refractivity contribution < 1.29 is 4.74 Å². The van der Waals surface area contributed by atoms with E-state index in [0.717, 1.165) is 12.4 Å². The van der Waals surface area contributed by atoms with E-state index in [1.165, 1.54) is 0 Å². The van der Waals surface area contributed by atoms with Gasteiger partial charge in [0.2, 0.25) is 5.95 Å². The number of nitrogens with zero attached hydrogens (tertiary/aromatic N) is 2. The molecule has 0 bridgehead atoms. The van der Waals surface area contributed by atoms with Gasteiger partial charge >= 0.3 is 0 Å². The van der Waals surface area contributed by atoms with Gasteiger partial charge in [-0.15, -0.1) is 0 Å². The minimum absolute atomic E-state index is 0.259. The van der Waals surface area contributed by atoms with Crippen molar-refractivity contribution in [3.05, 3.63) is 12.3 Å². The van der Waals surface area contributed by atoms with Gasteiger partial charge in [0.25, 0.3) is 0 Å². The van der Waals surface area contributed by atoms with Crippen LogP contribution in [-0.2, 0) is 4.74 Å². The van der Waals surface area contributed by atoms with Crippen molar-refractivity contribution in [3.63, 3.8) is 0 Å². The highest BCUT2D eigenvalue weighted by molar-refractivity contribution is 5.40. The molecule has 1 unspecified atom stereocenters. The van der Waals surface area contributed by atoms with Crippen LogP contribution >= 0.6 is 0 Å². The molecule has 1 atom stereocenters. The predicted octanol–water partition coefficient (Wildman–Crippen LogP) is 1.99. The highest BCUT2D eigenvalue weighted by atomic mass is 16.5. The first kappa shape index (κ1) is 13.7. The van der Waals surface area contributed by atoms with Gasteiger partial charge in [-0.1, -0.05) is 13.8 Å². The van der Waals surface area contributed by atoms with E-state index in [0.29, 0.717) is 18.5 Å². The highest BCUT2D eigenvalue weighted by Crippen LogP contribution is 2.11. The topological polar surface area (TPSA) is 59.1 Å². The molecule has 96 valence electrons. The molecule has 0 radical (unpaired) electrons. The van der Waals surface area contributed by atoms with Crippen LogP contribution in [0.25, 0.3) is 0 Å². The normalized spacial score (nSPS) is 12.5. The molecule has 0 aliphatic heterocycles. The minimum Gasteiger partial charge on any atom is -0.380 e. The largest absolute Gasteiger partial charge is 0.380 e. The molecule has 0 saturated heterocycles. The van der Waals surface area contributed by atoms with Gasteiger partial charge in [0.1, 0.15) is 5.82 Å². The maximum atomic E-state index is 5.46. The van der Waals surface area contributed by atoms with Crippen molar-refractivity contribution in [3.8, 4) is 0 Å². The summed E-state index contributed by atoms with van der Waals surface area (Å²) in [5.74, 6) is 1.92. The second kappa shape index (κ2) is 7.06. The first-order valence-corrected chi connectivity index (χ1v) is 6.02. The Morgan fingerprint density at radius 1 is 1.41 bits per heavy atom. The molecule has 1 aromatic rings. The van der Waals surface area contributed by atoms with E-state index in [-0.39, 0.29) is 6.04 Å². The summed E-state index contributed by atoms with van der Waals surface area (Å²) in [6.07, 6.45) is 1.74. The molecule has 1 aromatic heterocycles. The van der Waals surface area contributed by atoms with Crippen LogP contribution in [0.2, 0.25) is 0 Å². The van der Waals surface area contributed by atoms with Gasteiger partial charge in [-0.25, -0.2) is 4.98 Å². The second-order valence-electron chi connectivity index (χ2n) is 4.17. The third kappa shape index (κ3) is 4.56. The molecular formula is C12H22N4O. The molecular weight excluding hydrogens is 216 g/mol. The number of hydrogen-bond acceptors (Lipinski definition) is 5. The molecule has 0 aliphatic rings. The number of rotatable bonds is 7. The van der Waals surface area contributed by atoms with Crippen LogP contribution in [0.3, 0.4) is 0 Å². The number of anilines is 2. The van der Waals surface area contributed by atoms with Crippen molar-refractivity contribution in [2.75, 3.05) is 30.9 Å². The van der Waals surface area contributed by atoms with Crippen molar-refractivity contribution in [1.29, 1.82) is 0 Å². The van der Waals surface area contributed by atoms with E-state index < -0.39 is 0 Å². The SMILES string of the molecule is CCOCC(Nc1ccnc(NC)n1)C(C)C. The summed E-state index contributed by atoms with van der Waals surface area (Å²) >= 11 is 0. The van der Waals surface area contributed by atoms with Gasteiger partial charge in [-0.2, -0.15) is 4.98 Å². The monoisotopic (exact) mass is 238 g/mol. The Hall–Kier alpha value is -1.36. The minimum atomic E-state index is 0.259. The molecule has 0 amide bonds. The maximum Gasteiger partial charge on any atom is 0.224 e. The van der Waals surface area contributed by atoms with Crippen LogP contribution in [0.5, 0.6) is 0 Å². The number of hydrogen-bond donors (Lipinski definition) is 2. The lowest BCUT2D eigenvalue weighted by Gasteiger charge is -2.22. The first-order valence-electron chi connectivity index (χ1n) is 6.02. The number of ether oxygens (including phenoxy) is 1. The Morgan fingerprint density at radius 2 is 2.18 bits per heavy atom. The van der Waals surface area contributed by atoms with Crippen LogP contribution < -0.4 is 10.6 Å². The zero-order chi connectivity index (χ0) is 12.7. The molecule has 0 aromatic carbocycles. The summed E-state index contributed by atoms with van der Waals surface area (Å²) in [6.45, 7) is 7.75. The van der Waals surface area contributed by atoms with Crippen LogP contribution in [0.15, 0.2) is 12.3 Å². The van der Waals surface area contributed by atoms with E-state index in [1.54, 1.807) is 13.2 Å². The third-order valence-corrected chi connectivity index (χ3v) is 2.52. The maximum absolute atomic E-state index is 5.46. The first-order chi connectivity index (χ1) is 8.17. The van der Waals surface area contributed by atoms with Crippen LogP contribution in [0, 0.1) is 5.92 Å². The van der Waals surface area contributed by atoms with E-state index in [4.69, 9.17) is 4.74 Å². The van der Waals surface area contributed by atoms with Crippen LogP contribution in [-0.4, -0.2) is 36.3 Å². The fourth-order valence-electron chi connectivity index (χ4n) is 1.40. The van der Waals surface area contributed by atoms with Gasteiger partial charge in [0.15, 0.2) is 0 Å². The quantitative estimate of drug-likeness (QED) is 0.760. The van der Waals surface area contributed by atoms with Gasteiger partial charge in [-0.05, 0) is 18.9 Å². The number of nitrogens with one attached hydrogen (secondary N) is 2. The summed E-state index contributed by atoms with van der Waals surface area (Å²) in [5.41, 5.74) is 0. The van der Waals surface area contributed by atoms with Crippen molar-refractivity contribution in [2.45, 2.75) is 26.8 Å². The second-order valence-corrected chi connectivity index (χ2v) is 4.17. The number of aromatic nitrogens is 2. The van der Waals surface area contributed by atoms with Gasteiger partial charge in [0.05, 0.1) is 12.6 Å². The summed E-state index contributed by atoms with van der Waals surface area (Å²) in [5, 5.41) is 6.29. The zero-order valence-electron chi connectivity index (χ0n) is 11.0. The molecule has 1 heterocycles. The summed E-state index contributed by atoms with van der Waals surface area (Å²) in [7, 11) is 1.80. The Bertz CT molecular complexity index is 330. The summed E-state index contributed by atoms with van der Waals surface area (Å²) < 4.78 is 5.46. The highest BCUT2D eigenvalue weighted by Gasteiger charge is 2.13. The smallest absolute Gasteiger partial charge is 0.224 e. The van der Waals surface area contributed by atoms with Gasteiger partial charge in [-0.3, -0.25) is 0 Å². The van der Waals surface area contributed by atoms with Crippen molar-refractivity contribution in [1.82, 2.24) is 9.97 Å². The lowest BCUT2D eigenvalue weighted by atomic mass is 10.1. The van der Waals surface area contributed by atoms with Crippen molar-refractivity contribution in [2.24, 2.45) is 5.92 Å². The average Bonchev–Trinajstić information content (AvgIpc) is 2.34. The fourth-order valence-corrected chi connectivity index (χ4v) is 1.40. The Kier molecular flexibility index (Phi) is 5.69. The molecule has 5 heteroatoms. The molecule has 0 saturated carbocycles. The predicted molar refractivity (Wildman–Crippen MR) is 70.3 cm³/mol. The standard InChI is InChI=1S/C12H22N4O/c1-5-17-8-10(9(2)3)15-11-6-7-14-12(13-4)16-11/h6-7,9-10H,5,8H2,1-4H3,(H2,13,14,15,16). The zero-order valence-corrected chi connectivity index (χ0v) is 11.0.